The van der Waals surface area contributed by atoms with E-state index in [1.807, 2.05) is 24.4 Å². The Bertz CT molecular complexity index is 609. The summed E-state index contributed by atoms with van der Waals surface area (Å²) >= 11 is 6.21. The Morgan fingerprint density at radius 2 is 2.29 bits per heavy atom. The number of fused-ring (bicyclic) bond motifs is 1. The summed E-state index contributed by atoms with van der Waals surface area (Å²) in [7, 11) is 1.74. The summed E-state index contributed by atoms with van der Waals surface area (Å²) in [6.07, 6.45) is 4.66. The number of imidazole rings is 1. The zero-order valence-corrected chi connectivity index (χ0v) is 13.4. The molecular weight excluding hydrogens is 286 g/mol. The molecule has 1 unspecified atom stereocenters. The summed E-state index contributed by atoms with van der Waals surface area (Å²) in [5.74, 6) is 2.24. The second kappa shape index (κ2) is 6.24. The molecule has 21 heavy (non-hydrogen) atoms. The van der Waals surface area contributed by atoms with E-state index in [0.717, 1.165) is 29.6 Å². The highest BCUT2D eigenvalue weighted by molar-refractivity contribution is 6.17. The first-order valence-electron chi connectivity index (χ1n) is 7.53. The van der Waals surface area contributed by atoms with Crippen LogP contribution >= 0.6 is 11.6 Å². The molecule has 0 radical (unpaired) electrons. The molecule has 4 nitrogen and oxygen atoms in total. The number of alkyl halides is 1. The quantitative estimate of drug-likeness (QED) is 0.735. The van der Waals surface area contributed by atoms with Gasteiger partial charge in [0.1, 0.15) is 5.65 Å². The van der Waals surface area contributed by atoms with Crippen molar-refractivity contribution in [1.82, 2.24) is 9.38 Å². The van der Waals surface area contributed by atoms with Gasteiger partial charge in [-0.15, -0.1) is 11.6 Å². The summed E-state index contributed by atoms with van der Waals surface area (Å²) in [4.78, 5) is 7.18. The lowest BCUT2D eigenvalue weighted by Crippen LogP contribution is -2.38. The molecule has 1 aliphatic rings. The van der Waals surface area contributed by atoms with Crippen molar-refractivity contribution < 1.29 is 4.74 Å². The van der Waals surface area contributed by atoms with Crippen molar-refractivity contribution in [1.29, 1.82) is 0 Å². The third kappa shape index (κ3) is 2.87. The highest BCUT2D eigenvalue weighted by Crippen LogP contribution is 2.37. The molecule has 0 aliphatic heterocycles. The lowest BCUT2D eigenvalue weighted by molar-refractivity contribution is 0.202. The van der Waals surface area contributed by atoms with Crippen LogP contribution in [-0.2, 0) is 10.6 Å². The van der Waals surface area contributed by atoms with E-state index in [9.17, 15) is 0 Å². The lowest BCUT2D eigenvalue weighted by Gasteiger charge is -2.30. The van der Waals surface area contributed by atoms with Gasteiger partial charge >= 0.3 is 0 Å². The summed E-state index contributed by atoms with van der Waals surface area (Å²) < 4.78 is 7.37. The zero-order chi connectivity index (χ0) is 14.8. The fourth-order valence-corrected chi connectivity index (χ4v) is 3.16. The van der Waals surface area contributed by atoms with E-state index in [0.29, 0.717) is 18.5 Å². The van der Waals surface area contributed by atoms with Crippen LogP contribution in [0.3, 0.4) is 0 Å². The predicted molar refractivity (Wildman–Crippen MR) is 86.2 cm³/mol. The number of nitrogens with zero attached hydrogens (tertiary/aromatic N) is 3. The average Bonchev–Trinajstić information content (AvgIpc) is 3.28. The van der Waals surface area contributed by atoms with Crippen LogP contribution in [0.2, 0.25) is 0 Å². The van der Waals surface area contributed by atoms with Crippen LogP contribution in [0.15, 0.2) is 24.4 Å². The average molecular weight is 308 g/mol. The Kier molecular flexibility index (Phi) is 4.36. The monoisotopic (exact) mass is 307 g/mol. The molecule has 5 heteroatoms. The van der Waals surface area contributed by atoms with Gasteiger partial charge in [0.05, 0.1) is 18.2 Å². The van der Waals surface area contributed by atoms with Gasteiger partial charge in [0.2, 0.25) is 0 Å². The van der Waals surface area contributed by atoms with Gasteiger partial charge in [-0.3, -0.25) is 0 Å². The number of methoxy groups -OCH3 is 1. The molecule has 1 atom stereocenters. The first-order chi connectivity index (χ1) is 10.3. The van der Waals surface area contributed by atoms with E-state index >= 15 is 0 Å². The van der Waals surface area contributed by atoms with Crippen LogP contribution in [0, 0.1) is 5.92 Å². The molecule has 0 amide bonds. The Morgan fingerprint density at radius 1 is 1.48 bits per heavy atom. The molecule has 1 fully saturated rings. The molecule has 1 aliphatic carbocycles. The van der Waals surface area contributed by atoms with Gasteiger partial charge in [-0.05, 0) is 37.8 Å². The molecule has 0 spiro atoms. The Hall–Kier alpha value is -1.26. The maximum absolute atomic E-state index is 6.21. The van der Waals surface area contributed by atoms with E-state index in [1.165, 1.54) is 12.8 Å². The van der Waals surface area contributed by atoms with Crippen LogP contribution < -0.4 is 4.90 Å². The van der Waals surface area contributed by atoms with Crippen molar-refractivity contribution in [3.63, 3.8) is 0 Å². The normalized spacial score (nSPS) is 16.3. The maximum Gasteiger partial charge on any atom is 0.152 e. The number of rotatable bonds is 7. The van der Waals surface area contributed by atoms with Crippen LogP contribution in [0.25, 0.3) is 5.65 Å². The number of aromatic nitrogens is 2. The zero-order valence-electron chi connectivity index (χ0n) is 12.6. The van der Waals surface area contributed by atoms with Gasteiger partial charge in [-0.25, -0.2) is 4.98 Å². The standard InChI is InChI=1S/C16H22ClN3O/c1-12(13-6-7-13)19(9-10-21-2)16-14(11-17)20-8-4-3-5-15(20)18-16/h3-5,8,12-13H,6-7,9-11H2,1-2H3. The van der Waals surface area contributed by atoms with Gasteiger partial charge in [-0.2, -0.15) is 0 Å². The van der Waals surface area contributed by atoms with E-state index in [-0.39, 0.29) is 0 Å². The van der Waals surface area contributed by atoms with Crippen molar-refractivity contribution in [2.45, 2.75) is 31.7 Å². The highest BCUT2D eigenvalue weighted by Gasteiger charge is 2.34. The Labute approximate surface area is 130 Å². The Balaban J connectivity index is 2.00. The molecular formula is C16H22ClN3O. The molecule has 0 bridgehead atoms. The number of hydrogen-bond donors (Lipinski definition) is 0. The SMILES string of the molecule is COCCN(c1nc2ccccn2c1CCl)C(C)C1CC1. The third-order valence-corrected chi connectivity index (χ3v) is 4.59. The van der Waals surface area contributed by atoms with Crippen molar-refractivity contribution in [3.8, 4) is 0 Å². The molecule has 0 aromatic carbocycles. The van der Waals surface area contributed by atoms with E-state index in [1.54, 1.807) is 7.11 Å². The smallest absolute Gasteiger partial charge is 0.152 e. The van der Waals surface area contributed by atoms with E-state index in [4.69, 9.17) is 21.3 Å². The molecule has 0 saturated heterocycles. The number of hydrogen-bond acceptors (Lipinski definition) is 3. The second-order valence-corrected chi connectivity index (χ2v) is 5.98. The molecule has 3 rings (SSSR count). The van der Waals surface area contributed by atoms with Gasteiger partial charge in [-0.1, -0.05) is 6.07 Å². The summed E-state index contributed by atoms with van der Waals surface area (Å²) in [5.41, 5.74) is 2.02. The first kappa shape index (κ1) is 14.7. The van der Waals surface area contributed by atoms with Crippen molar-refractivity contribution in [2.75, 3.05) is 25.2 Å². The summed E-state index contributed by atoms with van der Waals surface area (Å²) in [5, 5.41) is 0. The maximum atomic E-state index is 6.21. The second-order valence-electron chi connectivity index (χ2n) is 5.71. The fraction of sp³-hybridized carbons (Fsp3) is 0.562. The number of halogens is 1. The van der Waals surface area contributed by atoms with Crippen LogP contribution in [0.4, 0.5) is 5.82 Å². The van der Waals surface area contributed by atoms with E-state index in [2.05, 4.69) is 16.2 Å². The molecule has 0 N–H and O–H groups in total. The van der Waals surface area contributed by atoms with E-state index < -0.39 is 0 Å². The van der Waals surface area contributed by atoms with Crippen molar-refractivity contribution >= 4 is 23.1 Å². The van der Waals surface area contributed by atoms with Gasteiger partial charge < -0.3 is 14.0 Å². The molecule has 2 heterocycles. The number of ether oxygens (including phenoxy) is 1. The number of pyridine rings is 1. The number of anilines is 1. The van der Waals surface area contributed by atoms with Crippen molar-refractivity contribution in [2.24, 2.45) is 5.92 Å². The Morgan fingerprint density at radius 3 is 2.95 bits per heavy atom. The minimum absolute atomic E-state index is 0.460. The third-order valence-electron chi connectivity index (χ3n) is 4.34. The van der Waals surface area contributed by atoms with Gasteiger partial charge in [0.25, 0.3) is 0 Å². The van der Waals surface area contributed by atoms with Crippen molar-refractivity contribution in [3.05, 3.63) is 30.1 Å². The lowest BCUT2D eigenvalue weighted by atomic mass is 10.2. The van der Waals surface area contributed by atoms with Crippen LogP contribution in [-0.4, -0.2) is 35.7 Å². The largest absolute Gasteiger partial charge is 0.383 e. The summed E-state index contributed by atoms with van der Waals surface area (Å²) in [6.45, 7) is 3.84. The molecule has 2 aromatic heterocycles. The topological polar surface area (TPSA) is 29.8 Å². The molecule has 114 valence electrons. The van der Waals surface area contributed by atoms with Gasteiger partial charge in [0, 0.05) is 25.9 Å². The summed E-state index contributed by atoms with van der Waals surface area (Å²) in [6, 6.07) is 6.52. The van der Waals surface area contributed by atoms with Gasteiger partial charge in [0.15, 0.2) is 5.82 Å². The molecule has 2 aromatic rings. The minimum atomic E-state index is 0.460. The highest BCUT2D eigenvalue weighted by atomic mass is 35.5. The predicted octanol–water partition coefficient (Wildman–Crippen LogP) is 3.32. The fourth-order valence-electron chi connectivity index (χ4n) is 2.91. The minimum Gasteiger partial charge on any atom is -0.383 e. The molecule has 1 saturated carbocycles. The first-order valence-corrected chi connectivity index (χ1v) is 8.07. The van der Waals surface area contributed by atoms with Crippen LogP contribution in [0.1, 0.15) is 25.5 Å². The van der Waals surface area contributed by atoms with Crippen LogP contribution in [0.5, 0.6) is 0 Å².